The molecule has 0 rings (SSSR count). The molecule has 0 N–H and O–H groups in total. The van der Waals surface area contributed by atoms with Gasteiger partial charge in [0.15, 0.2) is 0 Å². The van der Waals surface area contributed by atoms with Crippen molar-refractivity contribution in [3.05, 3.63) is 0 Å². The number of hydrogen-bond acceptors (Lipinski definition) is 3. The van der Waals surface area contributed by atoms with Crippen LogP contribution in [0.1, 0.15) is 0 Å². The van der Waals surface area contributed by atoms with Crippen LogP contribution in [-0.4, -0.2) is 35.5 Å². The summed E-state index contributed by atoms with van der Waals surface area (Å²) in [4.78, 5) is 0. The van der Waals surface area contributed by atoms with Gasteiger partial charge in [0.2, 0.25) is 0 Å². The fraction of sp³-hybridized carbons (Fsp3) is 1.00. The quantitative estimate of drug-likeness (QED) is 0.325. The fourth-order valence-corrected chi connectivity index (χ4v) is 9.22. The summed E-state index contributed by atoms with van der Waals surface area (Å²) in [5, 5.41) is 0.769. The molecule has 0 nitrogen and oxygen atoms in total. The third kappa shape index (κ3) is 7.50. The fourth-order valence-electron chi connectivity index (χ4n) is 0.904. The average Bonchev–Trinajstić information content (AvgIpc) is 1.83. The first kappa shape index (κ1) is 14.1. The van der Waals surface area contributed by atoms with Gasteiger partial charge >= 0.3 is 0 Å². The van der Waals surface area contributed by atoms with Crippen molar-refractivity contribution in [2.24, 2.45) is 0 Å². The van der Waals surface area contributed by atoms with Crippen molar-refractivity contribution >= 4 is 64.8 Å². The van der Waals surface area contributed by atoms with E-state index in [0.717, 1.165) is 5.25 Å². The van der Waals surface area contributed by atoms with Crippen LogP contribution in [0.3, 0.4) is 0 Å². The molecule has 3 unspecified atom stereocenters. The molecule has 0 saturated heterocycles. The van der Waals surface area contributed by atoms with E-state index in [1.807, 2.05) is 0 Å². The molecule has 0 fully saturated rings. The maximum Gasteiger partial charge on any atom is 0.0105 e. The molecule has 6 heteroatoms. The zero-order chi connectivity index (χ0) is 9.72. The van der Waals surface area contributed by atoms with Gasteiger partial charge in [-0.05, 0) is 30.3 Å². The van der Waals surface area contributed by atoms with Crippen LogP contribution in [-0.2, 0) is 0 Å². The molecule has 3 atom stereocenters. The van der Waals surface area contributed by atoms with E-state index < -0.39 is 0 Å². The lowest BCUT2D eigenvalue weighted by Crippen LogP contribution is -2.14. The van der Waals surface area contributed by atoms with Crippen molar-refractivity contribution in [3.63, 3.8) is 0 Å². The molecule has 0 aromatic carbocycles. The lowest BCUT2D eigenvalue weighted by atomic mass is 10.5. The molecule has 12 heavy (non-hydrogen) atoms. The molecule has 0 heterocycles. The first-order chi connectivity index (χ1) is 5.43. The van der Waals surface area contributed by atoms with Crippen LogP contribution in [0.2, 0.25) is 0 Å². The Kier molecular flexibility index (Phi) is 8.69. The van der Waals surface area contributed by atoms with Crippen molar-refractivity contribution in [2.45, 2.75) is 5.25 Å². The Bertz CT molecular complexity index is 103. The van der Waals surface area contributed by atoms with Gasteiger partial charge in [0, 0.05) is 5.25 Å². The molecule has 0 aliphatic carbocycles. The number of thiol groups is 6. The van der Waals surface area contributed by atoms with E-state index in [1.165, 1.54) is 11.5 Å². The zero-order valence-corrected chi connectivity index (χ0v) is 13.0. The molecule has 0 aromatic heterocycles. The summed E-state index contributed by atoms with van der Waals surface area (Å²) in [6.07, 6.45) is 6.67. The summed E-state index contributed by atoms with van der Waals surface area (Å²) in [5.74, 6) is 2.49. The predicted molar refractivity (Wildman–Crippen MR) is 85.2 cm³/mol. The van der Waals surface area contributed by atoms with Crippen LogP contribution in [0.4, 0.5) is 0 Å². The Labute approximate surface area is 99.5 Å². The van der Waals surface area contributed by atoms with Gasteiger partial charge in [0.05, 0.1) is 0 Å². The van der Waals surface area contributed by atoms with E-state index in [1.54, 1.807) is 0 Å². The van der Waals surface area contributed by atoms with Crippen molar-refractivity contribution in [1.29, 1.82) is 0 Å². The summed E-state index contributed by atoms with van der Waals surface area (Å²) in [6.45, 7) is 0. The molecule has 0 aliphatic rings. The second-order valence-electron chi connectivity index (χ2n) is 2.91. The van der Waals surface area contributed by atoms with E-state index in [9.17, 15) is 0 Å². The van der Waals surface area contributed by atoms with Gasteiger partial charge < -0.3 is 0 Å². The first-order valence-electron chi connectivity index (χ1n) is 3.65. The van der Waals surface area contributed by atoms with Crippen molar-refractivity contribution in [3.8, 4) is 0 Å². The Hall–Kier alpha value is 2.10. The third-order valence-electron chi connectivity index (χ3n) is 1.48. The molecule has 0 amide bonds. The maximum absolute atomic E-state index is 4.56. The minimum absolute atomic E-state index is 0.0647. The summed E-state index contributed by atoms with van der Waals surface area (Å²) in [6, 6.07) is 0. The van der Waals surface area contributed by atoms with Crippen molar-refractivity contribution < 1.29 is 0 Å². The summed E-state index contributed by atoms with van der Waals surface area (Å²) < 4.78 is 0. The molecule has 80 valence electrons. The van der Waals surface area contributed by atoms with E-state index in [2.05, 4.69) is 53.7 Å². The van der Waals surface area contributed by atoms with Gasteiger partial charge in [0.25, 0.3) is 0 Å². The molecular formula is C6H20S6. The molecule has 0 aromatic rings. The third-order valence-corrected chi connectivity index (χ3v) is 7.37. The van der Waals surface area contributed by atoms with Crippen LogP contribution < -0.4 is 0 Å². The normalized spacial score (nSPS) is 26.0. The summed E-state index contributed by atoms with van der Waals surface area (Å²) >= 11 is 13.5. The van der Waals surface area contributed by atoms with Gasteiger partial charge in [-0.1, -0.05) is 0 Å². The Balaban J connectivity index is 3.87. The van der Waals surface area contributed by atoms with Crippen molar-refractivity contribution in [2.75, 3.05) is 30.3 Å². The summed E-state index contributed by atoms with van der Waals surface area (Å²) in [5.41, 5.74) is 0. The van der Waals surface area contributed by atoms with Gasteiger partial charge in [-0.25, -0.2) is 29.8 Å². The SMILES string of the molecule is C[SH](S)CC(C[SH](C)S)[SH](C)S. The van der Waals surface area contributed by atoms with Gasteiger partial charge in [0.1, 0.15) is 0 Å². The molecule has 0 aliphatic heterocycles. The Morgan fingerprint density at radius 1 is 0.917 bits per heavy atom. The maximum atomic E-state index is 4.56. The van der Waals surface area contributed by atoms with Crippen LogP contribution in [0.15, 0.2) is 0 Å². The molecular weight excluding hydrogens is 264 g/mol. The van der Waals surface area contributed by atoms with Crippen LogP contribution in [0.25, 0.3) is 0 Å². The van der Waals surface area contributed by atoms with Crippen LogP contribution in [0.5, 0.6) is 0 Å². The molecule has 0 spiro atoms. The highest BCUT2D eigenvalue weighted by molar-refractivity contribution is 8.81. The van der Waals surface area contributed by atoms with Crippen LogP contribution >= 0.6 is 64.8 Å². The second kappa shape index (κ2) is 7.40. The smallest absolute Gasteiger partial charge is 0.0105 e. The van der Waals surface area contributed by atoms with Crippen LogP contribution in [0, 0.1) is 0 Å². The zero-order valence-electron chi connectivity index (χ0n) is 7.67. The predicted octanol–water partition coefficient (Wildman–Crippen LogP) is 2.78. The molecule has 0 saturated carbocycles. The lowest BCUT2D eigenvalue weighted by Gasteiger charge is -2.28. The minimum Gasteiger partial charge on any atom is -0.210 e. The highest BCUT2D eigenvalue weighted by Crippen LogP contribution is 2.43. The highest BCUT2D eigenvalue weighted by atomic mass is 33.1. The topological polar surface area (TPSA) is 0 Å². The number of rotatable bonds is 5. The monoisotopic (exact) mass is 284 g/mol. The number of hydrogen-bond donors (Lipinski definition) is 6. The molecule has 0 radical (unpaired) electrons. The van der Waals surface area contributed by atoms with E-state index in [-0.39, 0.29) is 29.8 Å². The minimum atomic E-state index is -0.0998. The molecule has 0 bridgehead atoms. The Morgan fingerprint density at radius 2 is 1.25 bits per heavy atom. The van der Waals surface area contributed by atoms with Crippen molar-refractivity contribution in [1.82, 2.24) is 0 Å². The summed E-state index contributed by atoms with van der Waals surface area (Å²) in [7, 11) is -0.229. The van der Waals surface area contributed by atoms with E-state index >= 15 is 0 Å². The largest absolute Gasteiger partial charge is 0.210 e. The second-order valence-corrected chi connectivity index (χ2v) is 14.1. The Morgan fingerprint density at radius 3 is 1.42 bits per heavy atom. The lowest BCUT2D eigenvalue weighted by molar-refractivity contribution is 1.15. The first-order valence-corrected chi connectivity index (χ1v) is 12.9. The standard InChI is InChI=1S/C6H20S6/c1-10(7)4-6(12(3)9)5-11(2)8/h6-12H,4-5H2,1-3H3. The average molecular weight is 285 g/mol. The van der Waals surface area contributed by atoms with E-state index in [4.69, 9.17) is 0 Å². The van der Waals surface area contributed by atoms with Gasteiger partial charge in [-0.15, -0.1) is 35.0 Å². The van der Waals surface area contributed by atoms with Gasteiger partial charge in [-0.2, -0.15) is 0 Å². The highest BCUT2D eigenvalue weighted by Gasteiger charge is 2.13. The van der Waals surface area contributed by atoms with Gasteiger partial charge in [-0.3, -0.25) is 0 Å². The van der Waals surface area contributed by atoms with E-state index in [0.29, 0.717) is 0 Å².